The van der Waals surface area contributed by atoms with Gasteiger partial charge in [-0.05, 0) is 31.6 Å². The van der Waals surface area contributed by atoms with Crippen LogP contribution in [-0.2, 0) is 14.3 Å². The van der Waals surface area contributed by atoms with Gasteiger partial charge in [-0.15, -0.1) is 6.58 Å². The molecule has 1 aliphatic rings. The molecule has 0 aromatic carbocycles. The van der Waals surface area contributed by atoms with Crippen LogP contribution in [0.4, 0.5) is 0 Å². The summed E-state index contributed by atoms with van der Waals surface area (Å²) in [6, 6.07) is -0.540. The zero-order valence-electron chi connectivity index (χ0n) is 11.1. The number of nitrogens with one attached hydrogen (secondary N) is 1. The van der Waals surface area contributed by atoms with Gasteiger partial charge in [0.2, 0.25) is 5.91 Å². The molecule has 0 unspecified atom stereocenters. The molecule has 1 rings (SSSR count). The maximum absolute atomic E-state index is 11.8. The van der Waals surface area contributed by atoms with Crippen molar-refractivity contribution >= 4 is 11.9 Å². The summed E-state index contributed by atoms with van der Waals surface area (Å²) in [4.78, 5) is 23.4. The SMILES string of the molecule is C=CCC[C@@H](NC(=O)CC1CCCC1)C(=O)OC. The van der Waals surface area contributed by atoms with Crippen LogP contribution in [0.1, 0.15) is 44.9 Å². The first-order valence-electron chi connectivity index (χ1n) is 6.65. The van der Waals surface area contributed by atoms with Crippen LogP contribution >= 0.6 is 0 Å². The van der Waals surface area contributed by atoms with Crippen molar-refractivity contribution in [2.75, 3.05) is 7.11 Å². The monoisotopic (exact) mass is 253 g/mol. The van der Waals surface area contributed by atoms with Gasteiger partial charge in [0.1, 0.15) is 6.04 Å². The van der Waals surface area contributed by atoms with Crippen molar-refractivity contribution in [2.24, 2.45) is 5.92 Å². The Balaban J connectivity index is 2.39. The van der Waals surface area contributed by atoms with Crippen molar-refractivity contribution in [2.45, 2.75) is 51.0 Å². The normalized spacial score (nSPS) is 17.2. The second kappa shape index (κ2) is 7.90. The molecule has 102 valence electrons. The van der Waals surface area contributed by atoms with Gasteiger partial charge in [0, 0.05) is 6.42 Å². The van der Waals surface area contributed by atoms with E-state index in [1.54, 1.807) is 6.08 Å². The first-order valence-corrected chi connectivity index (χ1v) is 6.65. The van der Waals surface area contributed by atoms with E-state index < -0.39 is 6.04 Å². The molecule has 1 N–H and O–H groups in total. The maximum Gasteiger partial charge on any atom is 0.328 e. The Morgan fingerprint density at radius 2 is 2.11 bits per heavy atom. The van der Waals surface area contributed by atoms with Gasteiger partial charge >= 0.3 is 5.97 Å². The van der Waals surface area contributed by atoms with Gasteiger partial charge in [-0.25, -0.2) is 4.79 Å². The first-order chi connectivity index (χ1) is 8.67. The summed E-state index contributed by atoms with van der Waals surface area (Å²) in [5.41, 5.74) is 0. The van der Waals surface area contributed by atoms with Crippen LogP contribution in [0.2, 0.25) is 0 Å². The van der Waals surface area contributed by atoms with Gasteiger partial charge in [-0.2, -0.15) is 0 Å². The summed E-state index contributed by atoms with van der Waals surface area (Å²) in [6.07, 6.45) is 8.19. The number of ether oxygens (including phenoxy) is 1. The summed E-state index contributed by atoms with van der Waals surface area (Å²) in [5, 5.41) is 2.77. The molecule has 0 aromatic heterocycles. The molecule has 4 heteroatoms. The molecule has 1 atom stereocenters. The topological polar surface area (TPSA) is 55.4 Å². The Kier molecular flexibility index (Phi) is 6.47. The van der Waals surface area contributed by atoms with Gasteiger partial charge in [-0.1, -0.05) is 18.9 Å². The van der Waals surface area contributed by atoms with Crippen molar-refractivity contribution in [3.8, 4) is 0 Å². The third-order valence-electron chi connectivity index (χ3n) is 3.43. The van der Waals surface area contributed by atoms with E-state index in [-0.39, 0.29) is 11.9 Å². The number of carbonyl (C=O) groups is 2. The minimum atomic E-state index is -0.540. The van der Waals surface area contributed by atoms with Crippen molar-refractivity contribution in [3.63, 3.8) is 0 Å². The molecule has 0 aliphatic heterocycles. The number of methoxy groups -OCH3 is 1. The van der Waals surface area contributed by atoms with Gasteiger partial charge in [-0.3, -0.25) is 4.79 Å². The number of amides is 1. The van der Waals surface area contributed by atoms with Crippen molar-refractivity contribution in [1.82, 2.24) is 5.32 Å². The van der Waals surface area contributed by atoms with E-state index in [4.69, 9.17) is 4.74 Å². The second-order valence-corrected chi connectivity index (χ2v) is 4.86. The van der Waals surface area contributed by atoms with Gasteiger partial charge in [0.05, 0.1) is 7.11 Å². The zero-order valence-corrected chi connectivity index (χ0v) is 11.1. The molecule has 4 nitrogen and oxygen atoms in total. The highest BCUT2D eigenvalue weighted by Crippen LogP contribution is 2.27. The van der Waals surface area contributed by atoms with Gasteiger partial charge in [0.15, 0.2) is 0 Å². The average molecular weight is 253 g/mol. The predicted molar refractivity (Wildman–Crippen MR) is 70.0 cm³/mol. The van der Waals surface area contributed by atoms with Gasteiger partial charge in [0.25, 0.3) is 0 Å². The summed E-state index contributed by atoms with van der Waals surface area (Å²) in [5.74, 6) is 0.0701. The van der Waals surface area contributed by atoms with Crippen molar-refractivity contribution in [1.29, 1.82) is 0 Å². The molecule has 0 aromatic rings. The molecule has 1 amide bonds. The lowest BCUT2D eigenvalue weighted by atomic mass is 10.0. The molecule has 0 spiro atoms. The van der Waals surface area contributed by atoms with Gasteiger partial charge < -0.3 is 10.1 Å². The number of hydrogen-bond donors (Lipinski definition) is 1. The molecule has 18 heavy (non-hydrogen) atoms. The van der Waals surface area contributed by atoms with Crippen LogP contribution in [0.15, 0.2) is 12.7 Å². The first kappa shape index (κ1) is 14.7. The second-order valence-electron chi connectivity index (χ2n) is 4.86. The van der Waals surface area contributed by atoms with E-state index in [9.17, 15) is 9.59 Å². The predicted octanol–water partition coefficient (Wildman–Crippen LogP) is 2.19. The molecule has 0 radical (unpaired) electrons. The lowest BCUT2D eigenvalue weighted by molar-refractivity contribution is -0.145. The summed E-state index contributed by atoms with van der Waals surface area (Å²) >= 11 is 0. The molecule has 1 aliphatic carbocycles. The minimum Gasteiger partial charge on any atom is -0.467 e. The van der Waals surface area contributed by atoms with E-state index in [1.807, 2.05) is 0 Å². The molecule has 1 fully saturated rings. The molecular formula is C14H23NO3. The number of carbonyl (C=O) groups excluding carboxylic acids is 2. The number of rotatable bonds is 7. The molecule has 0 saturated heterocycles. The minimum absolute atomic E-state index is 0.0404. The smallest absolute Gasteiger partial charge is 0.328 e. The van der Waals surface area contributed by atoms with E-state index in [0.29, 0.717) is 25.2 Å². The quantitative estimate of drug-likeness (QED) is 0.559. The van der Waals surface area contributed by atoms with Crippen LogP contribution in [0.3, 0.4) is 0 Å². The van der Waals surface area contributed by atoms with Crippen LogP contribution in [-0.4, -0.2) is 25.0 Å². The Hall–Kier alpha value is -1.32. The summed E-state index contributed by atoms with van der Waals surface area (Å²) < 4.78 is 4.69. The highest BCUT2D eigenvalue weighted by Gasteiger charge is 2.23. The van der Waals surface area contributed by atoms with E-state index in [0.717, 1.165) is 12.8 Å². The maximum atomic E-state index is 11.8. The molecule has 0 bridgehead atoms. The Morgan fingerprint density at radius 3 is 2.67 bits per heavy atom. The molecular weight excluding hydrogens is 230 g/mol. The number of hydrogen-bond acceptors (Lipinski definition) is 3. The Bertz CT molecular complexity index is 295. The van der Waals surface area contributed by atoms with Crippen molar-refractivity contribution < 1.29 is 14.3 Å². The fourth-order valence-corrected chi connectivity index (χ4v) is 2.41. The highest BCUT2D eigenvalue weighted by molar-refractivity contribution is 5.84. The standard InChI is InChI=1S/C14H23NO3/c1-3-4-9-12(14(17)18-2)15-13(16)10-11-7-5-6-8-11/h3,11-12H,1,4-10H2,2H3,(H,15,16)/t12-/m1/s1. The largest absolute Gasteiger partial charge is 0.467 e. The number of allylic oxidation sites excluding steroid dienone is 1. The van der Waals surface area contributed by atoms with Crippen LogP contribution in [0.5, 0.6) is 0 Å². The third-order valence-corrected chi connectivity index (χ3v) is 3.43. The zero-order chi connectivity index (χ0) is 13.4. The fraction of sp³-hybridized carbons (Fsp3) is 0.714. The van der Waals surface area contributed by atoms with Crippen LogP contribution in [0, 0.1) is 5.92 Å². The molecule has 1 saturated carbocycles. The van der Waals surface area contributed by atoms with E-state index in [1.165, 1.54) is 20.0 Å². The highest BCUT2D eigenvalue weighted by atomic mass is 16.5. The average Bonchev–Trinajstić information content (AvgIpc) is 2.86. The third kappa shape index (κ3) is 4.90. The Morgan fingerprint density at radius 1 is 1.44 bits per heavy atom. The fourth-order valence-electron chi connectivity index (χ4n) is 2.41. The van der Waals surface area contributed by atoms with Crippen LogP contribution in [0.25, 0.3) is 0 Å². The van der Waals surface area contributed by atoms with Crippen molar-refractivity contribution in [3.05, 3.63) is 12.7 Å². The Labute approximate surface area is 109 Å². The summed E-state index contributed by atoms with van der Waals surface area (Å²) in [6.45, 7) is 3.62. The van der Waals surface area contributed by atoms with Crippen LogP contribution < -0.4 is 5.32 Å². The lowest BCUT2D eigenvalue weighted by Crippen LogP contribution is -2.41. The molecule has 0 heterocycles. The van der Waals surface area contributed by atoms with E-state index >= 15 is 0 Å². The number of esters is 1. The lowest BCUT2D eigenvalue weighted by Gasteiger charge is -2.17. The summed E-state index contributed by atoms with van der Waals surface area (Å²) in [7, 11) is 1.34. The van der Waals surface area contributed by atoms with E-state index in [2.05, 4.69) is 11.9 Å².